The molecule has 1 unspecified atom stereocenters. The van der Waals surface area contributed by atoms with Crippen LogP contribution in [0.25, 0.3) is 17.0 Å². The quantitative estimate of drug-likeness (QED) is 0.450. The largest absolute Gasteiger partial charge is 0.493 e. The predicted octanol–water partition coefficient (Wildman–Crippen LogP) is 2.89. The SMILES string of the molecule is C=CCOc1cc(C2CC(=O)Nc3c2c(C)nn3-c2ncnc3nc[nH]c23)ccc1OC. The Morgan fingerprint density at radius 3 is 2.97 bits per heavy atom. The van der Waals surface area contributed by atoms with Crippen LogP contribution in [-0.4, -0.2) is 49.3 Å². The summed E-state index contributed by atoms with van der Waals surface area (Å²) in [5, 5.41) is 7.68. The Labute approximate surface area is 183 Å². The number of benzene rings is 1. The molecule has 4 heterocycles. The molecule has 4 aromatic rings. The number of aromatic amines is 1. The molecule has 1 amide bonds. The van der Waals surface area contributed by atoms with Gasteiger partial charge in [-0.25, -0.2) is 15.0 Å². The average Bonchev–Trinajstić information content (AvgIpc) is 3.41. The lowest BCUT2D eigenvalue weighted by Gasteiger charge is -2.25. The number of rotatable bonds is 6. The van der Waals surface area contributed by atoms with Crippen LogP contribution in [0.2, 0.25) is 0 Å². The minimum Gasteiger partial charge on any atom is -0.493 e. The Morgan fingerprint density at radius 2 is 2.16 bits per heavy atom. The molecule has 3 aromatic heterocycles. The van der Waals surface area contributed by atoms with Crippen LogP contribution in [0.4, 0.5) is 5.82 Å². The van der Waals surface area contributed by atoms with Crippen LogP contribution in [0, 0.1) is 6.92 Å². The van der Waals surface area contributed by atoms with Gasteiger partial charge in [-0.2, -0.15) is 9.78 Å². The van der Waals surface area contributed by atoms with Gasteiger partial charge >= 0.3 is 0 Å². The number of amides is 1. The van der Waals surface area contributed by atoms with E-state index in [1.165, 1.54) is 6.33 Å². The first-order valence-electron chi connectivity index (χ1n) is 10.1. The smallest absolute Gasteiger partial charge is 0.226 e. The van der Waals surface area contributed by atoms with E-state index in [-0.39, 0.29) is 18.2 Å². The molecule has 0 radical (unpaired) electrons. The third-order valence-corrected chi connectivity index (χ3v) is 5.45. The van der Waals surface area contributed by atoms with E-state index in [0.717, 1.165) is 16.8 Å². The lowest BCUT2D eigenvalue weighted by Crippen LogP contribution is -2.25. The molecule has 0 aliphatic carbocycles. The summed E-state index contributed by atoms with van der Waals surface area (Å²) in [5.74, 6) is 2.00. The number of carbonyl (C=O) groups excluding carboxylic acids is 1. The zero-order valence-corrected chi connectivity index (χ0v) is 17.6. The number of fused-ring (bicyclic) bond motifs is 2. The van der Waals surface area contributed by atoms with Crippen LogP contribution in [0.1, 0.15) is 29.2 Å². The molecule has 32 heavy (non-hydrogen) atoms. The van der Waals surface area contributed by atoms with E-state index >= 15 is 0 Å². The molecular weight excluding hydrogens is 410 g/mol. The van der Waals surface area contributed by atoms with Gasteiger partial charge in [-0.3, -0.25) is 4.79 Å². The summed E-state index contributed by atoms with van der Waals surface area (Å²) in [4.78, 5) is 28.5. The molecule has 2 N–H and O–H groups in total. The second kappa shape index (κ2) is 7.80. The van der Waals surface area contributed by atoms with Gasteiger partial charge in [0, 0.05) is 17.9 Å². The molecule has 162 valence electrons. The van der Waals surface area contributed by atoms with Crippen molar-refractivity contribution in [3.63, 3.8) is 0 Å². The molecule has 1 aliphatic rings. The van der Waals surface area contributed by atoms with Crippen LogP contribution < -0.4 is 14.8 Å². The number of imidazole rings is 1. The minimum atomic E-state index is -0.205. The first-order chi connectivity index (χ1) is 15.6. The molecule has 0 fully saturated rings. The summed E-state index contributed by atoms with van der Waals surface area (Å²) < 4.78 is 12.8. The third kappa shape index (κ3) is 3.16. The number of H-pyrrole nitrogens is 1. The lowest BCUT2D eigenvalue weighted by atomic mass is 9.85. The van der Waals surface area contributed by atoms with Gasteiger partial charge in [-0.15, -0.1) is 0 Å². The van der Waals surface area contributed by atoms with Crippen molar-refractivity contribution in [2.24, 2.45) is 0 Å². The van der Waals surface area contributed by atoms with Crippen molar-refractivity contribution in [3.05, 3.63) is 60.3 Å². The first kappa shape index (κ1) is 19.7. The highest BCUT2D eigenvalue weighted by atomic mass is 16.5. The maximum atomic E-state index is 12.7. The van der Waals surface area contributed by atoms with Crippen LogP contribution >= 0.6 is 0 Å². The number of ether oxygens (including phenoxy) is 2. The van der Waals surface area contributed by atoms with Gasteiger partial charge < -0.3 is 19.8 Å². The topological polar surface area (TPSA) is 120 Å². The van der Waals surface area contributed by atoms with E-state index in [2.05, 4.69) is 31.8 Å². The van der Waals surface area contributed by atoms with Crippen molar-refractivity contribution in [3.8, 4) is 17.3 Å². The highest BCUT2D eigenvalue weighted by molar-refractivity contribution is 5.95. The van der Waals surface area contributed by atoms with Crippen molar-refractivity contribution >= 4 is 22.9 Å². The van der Waals surface area contributed by atoms with E-state index in [9.17, 15) is 4.79 Å². The van der Waals surface area contributed by atoms with Gasteiger partial charge in [-0.1, -0.05) is 18.7 Å². The van der Waals surface area contributed by atoms with Crippen molar-refractivity contribution in [1.82, 2.24) is 29.7 Å². The van der Waals surface area contributed by atoms with Crippen LogP contribution in [0.5, 0.6) is 11.5 Å². The number of nitrogens with one attached hydrogen (secondary N) is 2. The van der Waals surface area contributed by atoms with E-state index in [4.69, 9.17) is 14.6 Å². The standard InChI is InChI=1S/C22H21N7O3/c1-4-7-32-16-8-13(5-6-15(16)31-3)14-9-17(30)27-21-18(14)12(2)28-29(21)22-19-20(24-10-23-19)25-11-26-22/h4-6,8,10-11,14H,1,7,9H2,2-3H3,(H,27,30)(H,23,24,25,26). The summed E-state index contributed by atoms with van der Waals surface area (Å²) in [5.41, 5.74) is 3.81. The molecule has 0 saturated heterocycles. The summed E-state index contributed by atoms with van der Waals surface area (Å²) in [6.07, 6.45) is 4.94. The van der Waals surface area contributed by atoms with E-state index in [0.29, 0.717) is 40.9 Å². The van der Waals surface area contributed by atoms with Crippen molar-refractivity contribution < 1.29 is 14.3 Å². The highest BCUT2D eigenvalue weighted by Gasteiger charge is 2.34. The maximum Gasteiger partial charge on any atom is 0.226 e. The molecule has 0 bridgehead atoms. The fraction of sp³-hybridized carbons (Fsp3) is 0.227. The minimum absolute atomic E-state index is 0.108. The number of methoxy groups -OCH3 is 1. The summed E-state index contributed by atoms with van der Waals surface area (Å²) >= 11 is 0. The van der Waals surface area contributed by atoms with Gasteiger partial charge in [0.15, 0.2) is 23.0 Å². The molecule has 5 rings (SSSR count). The fourth-order valence-corrected chi connectivity index (χ4v) is 4.07. The zero-order valence-electron chi connectivity index (χ0n) is 17.6. The number of anilines is 1. The normalized spacial score (nSPS) is 15.3. The van der Waals surface area contributed by atoms with E-state index in [1.54, 1.807) is 24.2 Å². The van der Waals surface area contributed by atoms with Crippen LogP contribution in [-0.2, 0) is 4.79 Å². The molecule has 0 spiro atoms. The van der Waals surface area contributed by atoms with Crippen molar-refractivity contribution in [1.29, 1.82) is 0 Å². The molecular formula is C22H21N7O3. The predicted molar refractivity (Wildman–Crippen MR) is 117 cm³/mol. The Balaban J connectivity index is 1.64. The highest BCUT2D eigenvalue weighted by Crippen LogP contribution is 2.42. The fourth-order valence-electron chi connectivity index (χ4n) is 4.07. The average molecular weight is 431 g/mol. The van der Waals surface area contributed by atoms with Crippen molar-refractivity contribution in [2.75, 3.05) is 19.0 Å². The van der Waals surface area contributed by atoms with Crippen molar-refractivity contribution in [2.45, 2.75) is 19.3 Å². The number of nitrogens with zero attached hydrogens (tertiary/aromatic N) is 5. The molecule has 10 nitrogen and oxygen atoms in total. The maximum absolute atomic E-state index is 12.7. The van der Waals surface area contributed by atoms with Crippen LogP contribution in [0.3, 0.4) is 0 Å². The number of hydrogen-bond donors (Lipinski definition) is 2. The van der Waals surface area contributed by atoms with E-state index in [1.807, 2.05) is 25.1 Å². The lowest BCUT2D eigenvalue weighted by molar-refractivity contribution is -0.116. The van der Waals surface area contributed by atoms with Gasteiger partial charge in [0.25, 0.3) is 0 Å². The van der Waals surface area contributed by atoms with E-state index < -0.39 is 0 Å². The Hall–Kier alpha value is -4.21. The number of carbonyl (C=O) groups is 1. The molecule has 1 aliphatic heterocycles. The molecule has 10 heteroatoms. The number of aromatic nitrogens is 6. The summed E-state index contributed by atoms with van der Waals surface area (Å²) in [7, 11) is 1.59. The molecule has 1 atom stereocenters. The van der Waals surface area contributed by atoms with Gasteiger partial charge in [0.2, 0.25) is 5.91 Å². The summed E-state index contributed by atoms with van der Waals surface area (Å²) in [6.45, 7) is 5.97. The van der Waals surface area contributed by atoms with Crippen LogP contribution in [0.15, 0.2) is 43.5 Å². The second-order valence-electron chi connectivity index (χ2n) is 7.37. The zero-order chi connectivity index (χ0) is 22.2. The van der Waals surface area contributed by atoms with Gasteiger partial charge in [0.1, 0.15) is 24.3 Å². The Kier molecular flexibility index (Phi) is 4.81. The Morgan fingerprint density at radius 1 is 1.28 bits per heavy atom. The second-order valence-corrected chi connectivity index (χ2v) is 7.37. The number of hydrogen-bond acceptors (Lipinski definition) is 7. The molecule has 1 aromatic carbocycles. The van der Waals surface area contributed by atoms with Gasteiger partial charge in [0.05, 0.1) is 19.1 Å². The Bertz CT molecular complexity index is 1340. The monoisotopic (exact) mass is 431 g/mol. The van der Waals surface area contributed by atoms with Gasteiger partial charge in [-0.05, 0) is 24.6 Å². The molecule has 0 saturated carbocycles. The number of aryl methyl sites for hydroxylation is 1. The first-order valence-corrected chi connectivity index (χ1v) is 10.1. The summed E-state index contributed by atoms with van der Waals surface area (Å²) in [6, 6.07) is 5.70. The third-order valence-electron chi connectivity index (χ3n) is 5.45.